The summed E-state index contributed by atoms with van der Waals surface area (Å²) in [5.74, 6) is 0.467. The minimum atomic E-state index is -3.73. The Labute approximate surface area is 164 Å². The van der Waals surface area contributed by atoms with Crippen LogP contribution in [0.4, 0.5) is 0 Å². The summed E-state index contributed by atoms with van der Waals surface area (Å²) in [6.07, 6.45) is 0. The Morgan fingerprint density at radius 2 is 1.64 bits per heavy atom. The molecule has 0 bridgehead atoms. The van der Waals surface area contributed by atoms with Gasteiger partial charge in [0.05, 0.1) is 12.0 Å². The number of ether oxygens (including phenoxy) is 1. The molecule has 6 nitrogen and oxygen atoms in total. The van der Waals surface area contributed by atoms with Crippen molar-refractivity contribution in [2.45, 2.75) is 18.4 Å². The van der Waals surface area contributed by atoms with Gasteiger partial charge in [-0.1, -0.05) is 36.4 Å². The molecule has 3 rings (SSSR count). The van der Waals surface area contributed by atoms with Gasteiger partial charge in [0.25, 0.3) is 5.91 Å². The zero-order chi connectivity index (χ0) is 20.1. The van der Waals surface area contributed by atoms with Gasteiger partial charge in [-0.25, -0.2) is 13.1 Å². The van der Waals surface area contributed by atoms with Gasteiger partial charge in [-0.2, -0.15) is 0 Å². The van der Waals surface area contributed by atoms with Gasteiger partial charge in [-0.3, -0.25) is 4.79 Å². The molecule has 0 spiro atoms. The highest BCUT2D eigenvalue weighted by atomic mass is 32.2. The van der Waals surface area contributed by atoms with Gasteiger partial charge in [0.2, 0.25) is 10.0 Å². The number of amides is 1. The summed E-state index contributed by atoms with van der Waals surface area (Å²) in [6, 6.07) is 17.2. The molecular formula is C21H22N2O4S. The average molecular weight is 398 g/mol. The van der Waals surface area contributed by atoms with Crippen LogP contribution in [-0.2, 0) is 16.6 Å². The number of benzene rings is 3. The molecule has 0 aliphatic heterocycles. The highest BCUT2D eigenvalue weighted by Crippen LogP contribution is 2.30. The monoisotopic (exact) mass is 398 g/mol. The lowest BCUT2D eigenvalue weighted by Gasteiger charge is -2.12. The van der Waals surface area contributed by atoms with Crippen LogP contribution < -0.4 is 14.8 Å². The number of hydrogen-bond acceptors (Lipinski definition) is 4. The largest absolute Gasteiger partial charge is 0.496 e. The smallest absolute Gasteiger partial charge is 0.251 e. The third-order valence-corrected chi connectivity index (χ3v) is 5.83. The molecule has 0 aromatic heterocycles. The maximum atomic E-state index is 12.9. The molecule has 0 saturated carbocycles. The van der Waals surface area contributed by atoms with E-state index in [0.29, 0.717) is 23.2 Å². The van der Waals surface area contributed by atoms with E-state index in [-0.39, 0.29) is 17.3 Å². The maximum absolute atomic E-state index is 12.9. The molecule has 3 aromatic carbocycles. The van der Waals surface area contributed by atoms with Crippen LogP contribution in [0.2, 0.25) is 0 Å². The van der Waals surface area contributed by atoms with Crippen LogP contribution in [0, 0.1) is 0 Å². The van der Waals surface area contributed by atoms with Crippen LogP contribution in [0.3, 0.4) is 0 Å². The molecule has 146 valence electrons. The van der Waals surface area contributed by atoms with Crippen molar-refractivity contribution in [2.75, 3.05) is 13.7 Å². The number of carbonyl (C=O) groups excluding carboxylic acids is 1. The van der Waals surface area contributed by atoms with Gasteiger partial charge in [-0.05, 0) is 36.8 Å². The molecule has 1 amide bonds. The third kappa shape index (κ3) is 4.16. The van der Waals surface area contributed by atoms with E-state index in [1.54, 1.807) is 55.6 Å². The predicted octanol–water partition coefficient (Wildman–Crippen LogP) is 3.08. The van der Waals surface area contributed by atoms with Gasteiger partial charge < -0.3 is 10.1 Å². The van der Waals surface area contributed by atoms with E-state index >= 15 is 0 Å². The first kappa shape index (κ1) is 19.9. The van der Waals surface area contributed by atoms with Crippen molar-refractivity contribution >= 4 is 26.7 Å². The van der Waals surface area contributed by atoms with Crippen molar-refractivity contribution in [3.63, 3.8) is 0 Å². The molecule has 2 N–H and O–H groups in total. The van der Waals surface area contributed by atoms with E-state index in [1.807, 2.05) is 19.1 Å². The van der Waals surface area contributed by atoms with Crippen molar-refractivity contribution < 1.29 is 17.9 Å². The van der Waals surface area contributed by atoms with Gasteiger partial charge >= 0.3 is 0 Å². The third-order valence-electron chi connectivity index (χ3n) is 4.37. The van der Waals surface area contributed by atoms with Gasteiger partial charge in [0.1, 0.15) is 5.75 Å². The fourth-order valence-corrected chi connectivity index (χ4v) is 4.18. The van der Waals surface area contributed by atoms with Crippen LogP contribution in [-0.4, -0.2) is 28.0 Å². The van der Waals surface area contributed by atoms with E-state index in [1.165, 1.54) is 0 Å². The van der Waals surface area contributed by atoms with Gasteiger partial charge in [0.15, 0.2) is 0 Å². The second-order valence-electron chi connectivity index (χ2n) is 6.19. The summed E-state index contributed by atoms with van der Waals surface area (Å²) >= 11 is 0. The SMILES string of the molecule is CCNC(=O)c1ccc(CNS(=O)(=O)c2ccc(OC)c3ccccc23)cc1. The Morgan fingerprint density at radius 3 is 2.29 bits per heavy atom. The first-order chi connectivity index (χ1) is 13.5. The zero-order valence-corrected chi connectivity index (χ0v) is 16.5. The van der Waals surface area contributed by atoms with E-state index in [0.717, 1.165) is 10.9 Å². The minimum Gasteiger partial charge on any atom is -0.496 e. The second kappa shape index (κ2) is 8.41. The summed E-state index contributed by atoms with van der Waals surface area (Å²) in [5.41, 5.74) is 1.30. The van der Waals surface area contributed by atoms with Crippen molar-refractivity contribution in [2.24, 2.45) is 0 Å². The molecule has 28 heavy (non-hydrogen) atoms. The number of methoxy groups -OCH3 is 1. The molecule has 0 heterocycles. The number of rotatable bonds is 7. The van der Waals surface area contributed by atoms with Crippen molar-refractivity contribution in [1.29, 1.82) is 0 Å². The normalized spacial score (nSPS) is 11.4. The number of carbonyl (C=O) groups is 1. The van der Waals surface area contributed by atoms with Crippen LogP contribution in [0.25, 0.3) is 10.8 Å². The lowest BCUT2D eigenvalue weighted by Crippen LogP contribution is -2.24. The lowest BCUT2D eigenvalue weighted by molar-refractivity contribution is 0.0956. The van der Waals surface area contributed by atoms with E-state index in [2.05, 4.69) is 10.0 Å². The standard InChI is InChI=1S/C21H22N2O4S/c1-3-22-21(24)16-10-8-15(9-11-16)14-23-28(25,26)20-13-12-19(27-2)17-6-4-5-7-18(17)20/h4-13,23H,3,14H2,1-2H3,(H,22,24). The fraction of sp³-hybridized carbons (Fsp3) is 0.190. The molecule has 0 fully saturated rings. The van der Waals surface area contributed by atoms with Crippen molar-refractivity contribution in [3.05, 3.63) is 71.8 Å². The van der Waals surface area contributed by atoms with E-state index < -0.39 is 10.0 Å². The molecule has 0 aliphatic carbocycles. The summed E-state index contributed by atoms with van der Waals surface area (Å²) in [5, 5.41) is 4.06. The minimum absolute atomic E-state index is 0.123. The van der Waals surface area contributed by atoms with E-state index in [9.17, 15) is 13.2 Å². The molecule has 3 aromatic rings. The average Bonchev–Trinajstić information content (AvgIpc) is 2.72. The molecular weight excluding hydrogens is 376 g/mol. The number of fused-ring (bicyclic) bond motifs is 1. The van der Waals surface area contributed by atoms with Gasteiger partial charge in [-0.15, -0.1) is 0 Å². The Morgan fingerprint density at radius 1 is 0.964 bits per heavy atom. The van der Waals surface area contributed by atoms with Crippen LogP contribution >= 0.6 is 0 Å². The van der Waals surface area contributed by atoms with Crippen molar-refractivity contribution in [1.82, 2.24) is 10.0 Å². The highest BCUT2D eigenvalue weighted by Gasteiger charge is 2.18. The molecule has 0 radical (unpaired) electrons. The molecule has 0 unspecified atom stereocenters. The molecule has 0 saturated heterocycles. The Balaban J connectivity index is 1.81. The maximum Gasteiger partial charge on any atom is 0.251 e. The zero-order valence-electron chi connectivity index (χ0n) is 15.7. The van der Waals surface area contributed by atoms with Crippen LogP contribution in [0.5, 0.6) is 5.75 Å². The Hall–Kier alpha value is -2.90. The van der Waals surface area contributed by atoms with E-state index in [4.69, 9.17) is 4.74 Å². The highest BCUT2D eigenvalue weighted by molar-refractivity contribution is 7.89. The predicted molar refractivity (Wildman–Crippen MR) is 109 cm³/mol. The Bertz CT molecular complexity index is 1090. The summed E-state index contributed by atoms with van der Waals surface area (Å²) in [6.45, 7) is 2.53. The molecule has 0 aliphatic rings. The lowest BCUT2D eigenvalue weighted by atomic mass is 10.1. The number of sulfonamides is 1. The van der Waals surface area contributed by atoms with Gasteiger partial charge in [0, 0.05) is 29.4 Å². The van der Waals surface area contributed by atoms with Crippen LogP contribution in [0.15, 0.2) is 65.6 Å². The molecule has 0 atom stereocenters. The Kier molecular flexibility index (Phi) is 5.96. The summed E-state index contributed by atoms with van der Waals surface area (Å²) in [7, 11) is -2.18. The summed E-state index contributed by atoms with van der Waals surface area (Å²) < 4.78 is 33.7. The summed E-state index contributed by atoms with van der Waals surface area (Å²) in [4.78, 5) is 12.0. The second-order valence-corrected chi connectivity index (χ2v) is 7.93. The van der Waals surface area contributed by atoms with Crippen molar-refractivity contribution in [3.8, 4) is 5.75 Å². The molecule has 7 heteroatoms. The number of hydrogen-bond donors (Lipinski definition) is 2. The fourth-order valence-electron chi connectivity index (χ4n) is 2.95. The first-order valence-corrected chi connectivity index (χ1v) is 10.4. The quantitative estimate of drug-likeness (QED) is 0.641. The first-order valence-electron chi connectivity index (χ1n) is 8.89. The number of nitrogens with one attached hydrogen (secondary N) is 2. The van der Waals surface area contributed by atoms with Crippen LogP contribution in [0.1, 0.15) is 22.8 Å². The topological polar surface area (TPSA) is 84.5 Å².